The van der Waals surface area contributed by atoms with E-state index in [1.165, 1.54) is 0 Å². The Hall–Kier alpha value is -3.38. The second-order valence-electron chi connectivity index (χ2n) is 8.54. The van der Waals surface area contributed by atoms with Gasteiger partial charge in [0.25, 0.3) is 5.91 Å². The van der Waals surface area contributed by atoms with Crippen LogP contribution in [0.25, 0.3) is 28.2 Å². The highest BCUT2D eigenvalue weighted by Gasteiger charge is 2.25. The molecule has 0 spiro atoms. The predicted molar refractivity (Wildman–Crippen MR) is 130 cm³/mol. The highest BCUT2D eigenvalue weighted by atomic mass is 35.5. The summed E-state index contributed by atoms with van der Waals surface area (Å²) >= 11 is 6.05. The van der Waals surface area contributed by atoms with Gasteiger partial charge >= 0.3 is 0 Å². The standard InChI is InChI=1S/C26H25ClN4O2/c1-17-11-13-30(14-12-17)26(32)24-15-22(18-5-9-21(33-2)10-6-18)28-25-16-23(29-31(24)25)19-3-7-20(27)8-4-19/h3-10,15-17H,11-14H2,1-2H3. The minimum atomic E-state index is -0.0187. The summed E-state index contributed by atoms with van der Waals surface area (Å²) in [5, 5.41) is 5.41. The van der Waals surface area contributed by atoms with Crippen molar-refractivity contribution in [3.05, 3.63) is 71.4 Å². The molecule has 1 saturated heterocycles. The Morgan fingerprint density at radius 1 is 0.970 bits per heavy atom. The van der Waals surface area contributed by atoms with Crippen LogP contribution in [-0.4, -0.2) is 45.6 Å². The van der Waals surface area contributed by atoms with Crippen molar-refractivity contribution < 1.29 is 9.53 Å². The molecule has 0 atom stereocenters. The van der Waals surface area contributed by atoms with Crippen molar-refractivity contribution in [2.45, 2.75) is 19.8 Å². The molecule has 2 aromatic heterocycles. The van der Waals surface area contributed by atoms with Crippen LogP contribution < -0.4 is 4.74 Å². The Morgan fingerprint density at radius 2 is 1.61 bits per heavy atom. The minimum Gasteiger partial charge on any atom is -0.497 e. The normalized spacial score (nSPS) is 14.6. The number of halogens is 1. The van der Waals surface area contributed by atoms with Crippen molar-refractivity contribution in [1.29, 1.82) is 0 Å². The van der Waals surface area contributed by atoms with Crippen molar-refractivity contribution in [3.63, 3.8) is 0 Å². The van der Waals surface area contributed by atoms with Crippen molar-refractivity contribution in [2.75, 3.05) is 20.2 Å². The second-order valence-corrected chi connectivity index (χ2v) is 8.97. The number of aromatic nitrogens is 3. The number of piperidine rings is 1. The first-order chi connectivity index (χ1) is 16.0. The van der Waals surface area contributed by atoms with Gasteiger partial charge in [0.1, 0.15) is 11.4 Å². The first-order valence-corrected chi connectivity index (χ1v) is 11.5. The van der Waals surface area contributed by atoms with Crippen LogP contribution >= 0.6 is 11.6 Å². The number of methoxy groups -OCH3 is 1. The fourth-order valence-electron chi connectivity index (χ4n) is 4.17. The smallest absolute Gasteiger partial charge is 0.272 e. The number of hydrogen-bond donors (Lipinski definition) is 0. The number of benzene rings is 2. The van der Waals surface area contributed by atoms with E-state index in [4.69, 9.17) is 26.4 Å². The fraction of sp³-hybridized carbons (Fsp3) is 0.269. The van der Waals surface area contributed by atoms with Crippen molar-refractivity contribution >= 4 is 23.2 Å². The molecule has 0 N–H and O–H groups in total. The van der Waals surface area contributed by atoms with Gasteiger partial charge in [-0.2, -0.15) is 5.10 Å². The van der Waals surface area contributed by atoms with Crippen LogP contribution in [0.15, 0.2) is 60.7 Å². The lowest BCUT2D eigenvalue weighted by atomic mass is 9.99. The highest BCUT2D eigenvalue weighted by molar-refractivity contribution is 6.30. The molecule has 4 aromatic rings. The van der Waals surface area contributed by atoms with Gasteiger partial charge in [-0.05, 0) is 61.2 Å². The summed E-state index contributed by atoms with van der Waals surface area (Å²) in [4.78, 5) is 20.3. The van der Waals surface area contributed by atoms with E-state index in [-0.39, 0.29) is 5.91 Å². The summed E-state index contributed by atoms with van der Waals surface area (Å²) in [5.74, 6) is 1.39. The summed E-state index contributed by atoms with van der Waals surface area (Å²) in [5.41, 5.74) is 4.44. The van der Waals surface area contributed by atoms with Gasteiger partial charge in [-0.15, -0.1) is 0 Å². The van der Waals surface area contributed by atoms with Gasteiger partial charge in [-0.25, -0.2) is 9.50 Å². The van der Waals surface area contributed by atoms with Gasteiger partial charge in [0.2, 0.25) is 0 Å². The molecule has 1 aliphatic heterocycles. The number of likely N-dealkylation sites (tertiary alicyclic amines) is 1. The van der Waals surface area contributed by atoms with E-state index in [0.29, 0.717) is 22.3 Å². The van der Waals surface area contributed by atoms with Crippen LogP contribution in [0.3, 0.4) is 0 Å². The van der Waals surface area contributed by atoms with Crippen LogP contribution in [0.2, 0.25) is 5.02 Å². The van der Waals surface area contributed by atoms with Crippen LogP contribution in [0.4, 0.5) is 0 Å². The molecule has 33 heavy (non-hydrogen) atoms. The maximum absolute atomic E-state index is 13.6. The molecule has 1 fully saturated rings. The van der Waals surface area contributed by atoms with Crippen LogP contribution in [0.1, 0.15) is 30.3 Å². The summed E-state index contributed by atoms with van der Waals surface area (Å²) in [6.45, 7) is 3.75. The molecular formula is C26H25ClN4O2. The second kappa shape index (κ2) is 8.87. The Kier molecular flexibility index (Phi) is 5.77. The number of rotatable bonds is 4. The van der Waals surface area contributed by atoms with Crippen molar-refractivity contribution in [2.24, 2.45) is 5.92 Å². The number of fused-ring (bicyclic) bond motifs is 1. The number of ether oxygens (including phenoxy) is 1. The van der Waals surface area contributed by atoms with E-state index in [1.807, 2.05) is 65.6 Å². The maximum atomic E-state index is 13.6. The largest absolute Gasteiger partial charge is 0.497 e. The first kappa shape index (κ1) is 21.5. The van der Waals surface area contributed by atoms with Gasteiger partial charge in [-0.3, -0.25) is 4.79 Å². The third-order valence-electron chi connectivity index (χ3n) is 6.24. The predicted octanol–water partition coefficient (Wildman–Crippen LogP) is 5.60. The molecule has 0 aliphatic carbocycles. The van der Waals surface area contributed by atoms with Crippen LogP contribution in [0, 0.1) is 5.92 Å². The van der Waals surface area contributed by atoms with Crippen LogP contribution in [-0.2, 0) is 0 Å². The molecular weight excluding hydrogens is 436 g/mol. The third-order valence-corrected chi connectivity index (χ3v) is 6.49. The Morgan fingerprint density at radius 3 is 2.27 bits per heavy atom. The Labute approximate surface area is 197 Å². The molecule has 0 bridgehead atoms. The summed E-state index contributed by atoms with van der Waals surface area (Å²) in [7, 11) is 1.64. The Bertz CT molecular complexity index is 1290. The topological polar surface area (TPSA) is 59.7 Å². The quantitative estimate of drug-likeness (QED) is 0.398. The van der Waals surface area contributed by atoms with E-state index in [0.717, 1.165) is 54.2 Å². The summed E-state index contributed by atoms with van der Waals surface area (Å²) in [6.07, 6.45) is 2.03. The highest BCUT2D eigenvalue weighted by Crippen LogP contribution is 2.27. The van der Waals surface area contributed by atoms with Gasteiger partial charge in [0.15, 0.2) is 5.65 Å². The lowest BCUT2D eigenvalue weighted by Gasteiger charge is -2.30. The molecule has 1 aliphatic rings. The Balaban J connectivity index is 1.62. The number of nitrogens with zero attached hydrogens (tertiary/aromatic N) is 4. The summed E-state index contributed by atoms with van der Waals surface area (Å²) in [6, 6.07) is 18.9. The molecule has 168 valence electrons. The monoisotopic (exact) mass is 460 g/mol. The van der Waals surface area contributed by atoms with E-state index in [2.05, 4.69) is 6.92 Å². The van der Waals surface area contributed by atoms with E-state index in [9.17, 15) is 4.79 Å². The molecule has 3 heterocycles. The van der Waals surface area contributed by atoms with Gasteiger partial charge in [0, 0.05) is 35.3 Å². The number of hydrogen-bond acceptors (Lipinski definition) is 4. The zero-order chi connectivity index (χ0) is 22.9. The molecule has 2 aromatic carbocycles. The van der Waals surface area contributed by atoms with Gasteiger partial charge in [0.05, 0.1) is 18.5 Å². The lowest BCUT2D eigenvalue weighted by Crippen LogP contribution is -2.38. The van der Waals surface area contributed by atoms with E-state index >= 15 is 0 Å². The van der Waals surface area contributed by atoms with Gasteiger partial charge < -0.3 is 9.64 Å². The molecule has 7 heteroatoms. The molecule has 0 radical (unpaired) electrons. The number of carbonyl (C=O) groups excluding carboxylic acids is 1. The van der Waals surface area contributed by atoms with Gasteiger partial charge in [-0.1, -0.05) is 30.7 Å². The summed E-state index contributed by atoms with van der Waals surface area (Å²) < 4.78 is 6.95. The van der Waals surface area contributed by atoms with Crippen molar-refractivity contribution in [1.82, 2.24) is 19.5 Å². The zero-order valence-electron chi connectivity index (χ0n) is 18.7. The molecule has 0 saturated carbocycles. The first-order valence-electron chi connectivity index (χ1n) is 11.1. The number of amides is 1. The van der Waals surface area contributed by atoms with Crippen molar-refractivity contribution in [3.8, 4) is 28.3 Å². The van der Waals surface area contributed by atoms with Crippen LogP contribution in [0.5, 0.6) is 5.75 Å². The SMILES string of the molecule is COc1ccc(-c2cc(C(=O)N3CCC(C)CC3)n3nc(-c4ccc(Cl)cc4)cc3n2)cc1. The average Bonchev–Trinajstić information content (AvgIpc) is 3.28. The number of carbonyl (C=O) groups is 1. The average molecular weight is 461 g/mol. The molecule has 5 rings (SSSR count). The molecule has 0 unspecified atom stereocenters. The van der Waals surface area contributed by atoms with E-state index < -0.39 is 0 Å². The zero-order valence-corrected chi connectivity index (χ0v) is 19.4. The maximum Gasteiger partial charge on any atom is 0.272 e. The fourth-order valence-corrected chi connectivity index (χ4v) is 4.30. The molecule has 6 nitrogen and oxygen atoms in total. The lowest BCUT2D eigenvalue weighted by molar-refractivity contribution is 0.0688. The van der Waals surface area contributed by atoms with E-state index in [1.54, 1.807) is 11.6 Å². The molecule has 1 amide bonds. The minimum absolute atomic E-state index is 0.0187. The third kappa shape index (κ3) is 4.31.